The van der Waals surface area contributed by atoms with E-state index >= 15 is 0 Å². The zero-order valence-electron chi connectivity index (χ0n) is 40.0. The SMILES string of the molecule is CC(C)(C)c1cc2ccc3ccc(-c4ccc5c(c4)C4(c6ccccc6-c6ccccc64)c4c-5ccc5cc(-c6ccc7ccc8cc(C(C)(C)C)cc9ccc6c7c89)ccc45)c4ccc(c1)c2c34. The van der Waals surface area contributed by atoms with E-state index in [4.69, 9.17) is 0 Å². The van der Waals surface area contributed by atoms with Crippen LogP contribution in [0.25, 0.3) is 120 Å². The molecule has 0 unspecified atom stereocenters. The fourth-order valence-electron chi connectivity index (χ4n) is 13.3. The summed E-state index contributed by atoms with van der Waals surface area (Å²) in [7, 11) is 0. The highest BCUT2D eigenvalue weighted by Crippen LogP contribution is 2.64. The summed E-state index contributed by atoms with van der Waals surface area (Å²) in [6.45, 7) is 13.9. The zero-order chi connectivity index (χ0) is 46.3. The van der Waals surface area contributed by atoms with Gasteiger partial charge in [-0.3, -0.25) is 0 Å². The van der Waals surface area contributed by atoms with Gasteiger partial charge in [-0.1, -0.05) is 224 Å². The van der Waals surface area contributed by atoms with Gasteiger partial charge in [0.1, 0.15) is 0 Å². The van der Waals surface area contributed by atoms with Crippen molar-refractivity contribution in [3.05, 3.63) is 228 Å². The monoisotopic (exact) mass is 878 g/mol. The molecule has 0 heteroatoms. The van der Waals surface area contributed by atoms with Crippen LogP contribution in [0.2, 0.25) is 0 Å². The molecule has 0 nitrogen and oxygen atoms in total. The second-order valence-electron chi connectivity index (χ2n) is 22.4. The quantitative estimate of drug-likeness (QED) is 0.152. The Hall–Kier alpha value is -7.80. The van der Waals surface area contributed by atoms with Gasteiger partial charge in [-0.15, -0.1) is 0 Å². The van der Waals surface area contributed by atoms with E-state index < -0.39 is 5.41 Å². The molecule has 0 amide bonds. The maximum atomic E-state index is 2.56. The molecule has 0 saturated heterocycles. The summed E-state index contributed by atoms with van der Waals surface area (Å²) in [4.78, 5) is 0. The lowest BCUT2D eigenvalue weighted by atomic mass is 9.69. The molecule has 0 aromatic heterocycles. The average Bonchev–Trinajstić information content (AvgIpc) is 3.83. The Kier molecular flexibility index (Phi) is 7.53. The zero-order valence-corrected chi connectivity index (χ0v) is 40.0. The molecule has 0 aliphatic heterocycles. The molecule has 0 bridgehead atoms. The summed E-state index contributed by atoms with van der Waals surface area (Å²) in [5.74, 6) is 0. The first kappa shape index (κ1) is 39.2. The Morgan fingerprint density at radius 3 is 1.20 bits per heavy atom. The fourth-order valence-corrected chi connectivity index (χ4v) is 13.3. The molecule has 1 spiro atoms. The lowest BCUT2D eigenvalue weighted by Gasteiger charge is -2.32. The highest BCUT2D eigenvalue weighted by atomic mass is 14.5. The van der Waals surface area contributed by atoms with Crippen molar-refractivity contribution in [3.8, 4) is 44.5 Å². The van der Waals surface area contributed by atoms with Gasteiger partial charge in [0.05, 0.1) is 5.41 Å². The van der Waals surface area contributed by atoms with Crippen molar-refractivity contribution < 1.29 is 0 Å². The van der Waals surface area contributed by atoms with Gasteiger partial charge in [-0.25, -0.2) is 0 Å². The summed E-state index contributed by atoms with van der Waals surface area (Å²) < 4.78 is 0. The molecule has 2 aliphatic carbocycles. The standard InChI is InChI=1S/C69H50/c1-67(2,3)48-34-44-17-15-39-19-26-50(56-30-24-46(36-48)62(44)64(39)56)41-21-28-52-42(33-41)23-32-58-55-29-22-43(38-61(55)69(66(52)58)59-13-9-7-11-53(59)54-12-8-10-14-60(54)69)51-27-20-40-16-18-45-35-49(68(4,5)6)37-47-25-31-57(51)65(40)63(45)47/h7-38H,1-6H3. The van der Waals surface area contributed by atoms with E-state index in [9.17, 15) is 0 Å². The van der Waals surface area contributed by atoms with E-state index in [-0.39, 0.29) is 10.8 Å². The molecule has 0 radical (unpaired) electrons. The second-order valence-corrected chi connectivity index (χ2v) is 22.4. The van der Waals surface area contributed by atoms with Gasteiger partial charge >= 0.3 is 0 Å². The largest absolute Gasteiger partial charge is 0.0731 e. The van der Waals surface area contributed by atoms with Gasteiger partial charge < -0.3 is 0 Å². The van der Waals surface area contributed by atoms with E-state index in [1.807, 2.05) is 0 Å². The Bertz CT molecular complexity index is 4290. The molecule has 2 aliphatic rings. The Morgan fingerprint density at radius 1 is 0.275 bits per heavy atom. The van der Waals surface area contributed by atoms with E-state index in [2.05, 4.69) is 236 Å². The van der Waals surface area contributed by atoms with E-state index in [0.717, 1.165) is 0 Å². The van der Waals surface area contributed by atoms with Crippen molar-refractivity contribution in [1.82, 2.24) is 0 Å². The summed E-state index contributed by atoms with van der Waals surface area (Å²) in [6.07, 6.45) is 0. The van der Waals surface area contributed by atoms with E-state index in [1.54, 1.807) is 0 Å². The third kappa shape index (κ3) is 5.14. The maximum Gasteiger partial charge on any atom is 0.0731 e. The lowest BCUT2D eigenvalue weighted by Crippen LogP contribution is -2.26. The third-order valence-corrected chi connectivity index (χ3v) is 16.6. The third-order valence-electron chi connectivity index (χ3n) is 16.6. The highest BCUT2D eigenvalue weighted by molar-refractivity contribution is 6.27. The number of benzene rings is 13. The molecular formula is C69H50. The molecule has 0 atom stereocenters. The summed E-state index contributed by atoms with van der Waals surface area (Å²) in [5, 5.41) is 18.5. The number of hydrogen-bond donors (Lipinski definition) is 0. The van der Waals surface area contributed by atoms with Crippen LogP contribution in [0.4, 0.5) is 0 Å². The Balaban J connectivity index is 0.951. The van der Waals surface area contributed by atoms with Gasteiger partial charge in [-0.2, -0.15) is 0 Å². The van der Waals surface area contributed by atoms with Gasteiger partial charge in [0.25, 0.3) is 0 Å². The predicted octanol–water partition coefficient (Wildman–Crippen LogP) is 18.9. The van der Waals surface area contributed by atoms with Crippen LogP contribution < -0.4 is 0 Å². The van der Waals surface area contributed by atoms with Crippen molar-refractivity contribution in [3.63, 3.8) is 0 Å². The molecule has 326 valence electrons. The topological polar surface area (TPSA) is 0 Å². The first-order chi connectivity index (χ1) is 33.4. The van der Waals surface area contributed by atoms with E-state index in [1.165, 1.54) is 153 Å². The molecule has 13 aromatic carbocycles. The van der Waals surface area contributed by atoms with Gasteiger partial charge in [0, 0.05) is 0 Å². The van der Waals surface area contributed by atoms with Crippen LogP contribution in [0.3, 0.4) is 0 Å². The molecule has 13 aromatic rings. The minimum absolute atomic E-state index is 0.0703. The smallest absolute Gasteiger partial charge is 0.0619 e. The predicted molar refractivity (Wildman–Crippen MR) is 296 cm³/mol. The molecule has 0 saturated carbocycles. The number of rotatable bonds is 2. The first-order valence-electron chi connectivity index (χ1n) is 24.8. The fraction of sp³-hybridized carbons (Fsp3) is 0.130. The highest BCUT2D eigenvalue weighted by Gasteiger charge is 2.52. The molecular weight excluding hydrogens is 829 g/mol. The van der Waals surface area contributed by atoms with Crippen molar-refractivity contribution >= 4 is 75.4 Å². The van der Waals surface area contributed by atoms with Crippen molar-refractivity contribution in [1.29, 1.82) is 0 Å². The second kappa shape index (κ2) is 13.2. The van der Waals surface area contributed by atoms with Crippen LogP contribution in [0.15, 0.2) is 194 Å². The van der Waals surface area contributed by atoms with Crippen LogP contribution in [0.1, 0.15) is 74.9 Å². The normalized spacial score (nSPS) is 14.1. The van der Waals surface area contributed by atoms with Gasteiger partial charge in [0.2, 0.25) is 0 Å². The van der Waals surface area contributed by atoms with Crippen LogP contribution in [0.5, 0.6) is 0 Å². The molecule has 69 heavy (non-hydrogen) atoms. The average molecular weight is 879 g/mol. The van der Waals surface area contributed by atoms with E-state index in [0.29, 0.717) is 0 Å². The molecule has 0 N–H and O–H groups in total. The lowest BCUT2D eigenvalue weighted by molar-refractivity contribution is 0.591. The molecule has 15 rings (SSSR count). The van der Waals surface area contributed by atoms with Crippen molar-refractivity contribution in [2.45, 2.75) is 57.8 Å². The van der Waals surface area contributed by atoms with Gasteiger partial charge in [-0.05, 0) is 176 Å². The summed E-state index contributed by atoms with van der Waals surface area (Å²) in [6, 6.07) is 75.8. The van der Waals surface area contributed by atoms with Crippen molar-refractivity contribution in [2.75, 3.05) is 0 Å². The number of fused-ring (bicyclic) bond motifs is 12. The minimum atomic E-state index is -0.499. The van der Waals surface area contributed by atoms with Crippen LogP contribution in [0, 0.1) is 0 Å². The van der Waals surface area contributed by atoms with Crippen LogP contribution in [-0.4, -0.2) is 0 Å². The summed E-state index contributed by atoms with van der Waals surface area (Å²) >= 11 is 0. The molecule has 0 fully saturated rings. The Morgan fingerprint density at radius 2 is 0.667 bits per heavy atom. The van der Waals surface area contributed by atoms with Gasteiger partial charge in [0.15, 0.2) is 0 Å². The minimum Gasteiger partial charge on any atom is -0.0619 e. The number of hydrogen-bond acceptors (Lipinski definition) is 0. The van der Waals surface area contributed by atoms with Crippen LogP contribution >= 0.6 is 0 Å². The first-order valence-corrected chi connectivity index (χ1v) is 24.8. The van der Waals surface area contributed by atoms with Crippen molar-refractivity contribution in [2.24, 2.45) is 0 Å². The Labute approximate surface area is 403 Å². The maximum absolute atomic E-state index is 2.56. The summed E-state index contributed by atoms with van der Waals surface area (Å²) in [5.41, 5.74) is 18.3. The van der Waals surface area contributed by atoms with Crippen LogP contribution in [-0.2, 0) is 16.2 Å². The molecule has 0 heterocycles.